The van der Waals surface area contributed by atoms with Gasteiger partial charge in [-0.1, -0.05) is 0 Å². The van der Waals surface area contributed by atoms with Crippen LogP contribution in [0.4, 0.5) is 0 Å². The zero-order chi connectivity index (χ0) is 7.40. The Morgan fingerprint density at radius 3 is 2.90 bits per heavy atom. The minimum absolute atomic E-state index is 0.346. The highest BCUT2D eigenvalue weighted by molar-refractivity contribution is 4.93. The molecule has 0 aromatic carbocycles. The van der Waals surface area contributed by atoms with Crippen molar-refractivity contribution in [2.24, 2.45) is 0 Å². The van der Waals surface area contributed by atoms with Crippen LogP contribution in [0.3, 0.4) is 0 Å². The summed E-state index contributed by atoms with van der Waals surface area (Å²) in [5.41, 5.74) is 0. The van der Waals surface area contributed by atoms with Crippen LogP contribution >= 0.6 is 0 Å². The molecule has 1 saturated heterocycles. The van der Waals surface area contributed by atoms with Gasteiger partial charge in [0, 0.05) is 12.1 Å². The molecule has 1 aliphatic rings. The summed E-state index contributed by atoms with van der Waals surface area (Å²) in [5.74, 6) is 0. The van der Waals surface area contributed by atoms with Crippen LogP contribution < -0.4 is 10.6 Å². The minimum atomic E-state index is 0.346. The SMILES string of the molecule is CNC(CC#N)C1CCN1. The molecule has 3 nitrogen and oxygen atoms in total. The van der Waals surface area contributed by atoms with Crippen molar-refractivity contribution in [3.8, 4) is 6.07 Å². The van der Waals surface area contributed by atoms with Crippen LogP contribution in [0.15, 0.2) is 0 Å². The average Bonchev–Trinajstić information content (AvgIpc) is 1.83. The van der Waals surface area contributed by atoms with E-state index in [-0.39, 0.29) is 0 Å². The molecule has 2 atom stereocenters. The van der Waals surface area contributed by atoms with E-state index in [9.17, 15) is 0 Å². The Hall–Kier alpha value is -0.590. The Labute approximate surface area is 61.4 Å². The van der Waals surface area contributed by atoms with E-state index >= 15 is 0 Å². The van der Waals surface area contributed by atoms with Gasteiger partial charge >= 0.3 is 0 Å². The smallest absolute Gasteiger partial charge is 0.0638 e. The maximum atomic E-state index is 8.42. The maximum Gasteiger partial charge on any atom is 0.0638 e. The van der Waals surface area contributed by atoms with E-state index in [1.807, 2.05) is 7.05 Å². The predicted octanol–water partition coefficient (Wildman–Crippen LogP) is -0.150. The third kappa shape index (κ3) is 1.47. The molecule has 1 aliphatic heterocycles. The highest BCUT2D eigenvalue weighted by atomic mass is 15.1. The molecule has 3 heteroatoms. The highest BCUT2D eigenvalue weighted by Crippen LogP contribution is 2.08. The molecule has 10 heavy (non-hydrogen) atoms. The van der Waals surface area contributed by atoms with Gasteiger partial charge in [-0.3, -0.25) is 0 Å². The quantitative estimate of drug-likeness (QED) is 0.571. The van der Waals surface area contributed by atoms with Gasteiger partial charge in [0.25, 0.3) is 0 Å². The van der Waals surface area contributed by atoms with E-state index in [2.05, 4.69) is 16.7 Å². The van der Waals surface area contributed by atoms with Crippen molar-refractivity contribution in [3.05, 3.63) is 0 Å². The molecule has 0 aliphatic carbocycles. The largest absolute Gasteiger partial charge is 0.314 e. The van der Waals surface area contributed by atoms with Crippen molar-refractivity contribution < 1.29 is 0 Å². The van der Waals surface area contributed by atoms with Crippen LogP contribution in [0.5, 0.6) is 0 Å². The monoisotopic (exact) mass is 139 g/mol. The van der Waals surface area contributed by atoms with Crippen molar-refractivity contribution in [2.75, 3.05) is 13.6 Å². The molecule has 56 valence electrons. The summed E-state index contributed by atoms with van der Waals surface area (Å²) in [4.78, 5) is 0. The fourth-order valence-electron chi connectivity index (χ4n) is 1.20. The normalized spacial score (nSPS) is 26.6. The second-order valence-electron chi connectivity index (χ2n) is 2.61. The zero-order valence-electron chi connectivity index (χ0n) is 6.22. The zero-order valence-corrected chi connectivity index (χ0v) is 6.22. The minimum Gasteiger partial charge on any atom is -0.314 e. The van der Waals surface area contributed by atoms with E-state index in [1.54, 1.807) is 0 Å². The molecule has 1 fully saturated rings. The van der Waals surface area contributed by atoms with Crippen LogP contribution in [0.25, 0.3) is 0 Å². The number of nitrogens with zero attached hydrogens (tertiary/aromatic N) is 1. The summed E-state index contributed by atoms with van der Waals surface area (Å²) in [6.07, 6.45) is 1.81. The van der Waals surface area contributed by atoms with Gasteiger partial charge in [-0.15, -0.1) is 0 Å². The van der Waals surface area contributed by atoms with Crippen LogP contribution in [0, 0.1) is 11.3 Å². The molecule has 2 N–H and O–H groups in total. The lowest BCUT2D eigenvalue weighted by atomic mass is 9.97. The van der Waals surface area contributed by atoms with Crippen LogP contribution in [0.1, 0.15) is 12.8 Å². The molecule has 2 unspecified atom stereocenters. The van der Waals surface area contributed by atoms with Crippen molar-refractivity contribution in [1.82, 2.24) is 10.6 Å². The lowest BCUT2D eigenvalue weighted by Crippen LogP contribution is -2.55. The molecule has 1 heterocycles. The Morgan fingerprint density at radius 2 is 2.60 bits per heavy atom. The van der Waals surface area contributed by atoms with E-state index in [0.29, 0.717) is 18.5 Å². The first-order chi connectivity index (χ1) is 4.88. The Balaban J connectivity index is 2.26. The maximum absolute atomic E-state index is 8.42. The first-order valence-electron chi connectivity index (χ1n) is 3.66. The van der Waals surface area contributed by atoms with Gasteiger partial charge in [-0.2, -0.15) is 5.26 Å². The predicted molar refractivity (Wildman–Crippen MR) is 39.5 cm³/mol. The van der Waals surface area contributed by atoms with Gasteiger partial charge in [0.2, 0.25) is 0 Å². The van der Waals surface area contributed by atoms with Crippen molar-refractivity contribution in [1.29, 1.82) is 5.26 Å². The summed E-state index contributed by atoms with van der Waals surface area (Å²) < 4.78 is 0. The van der Waals surface area contributed by atoms with Gasteiger partial charge in [0.1, 0.15) is 0 Å². The van der Waals surface area contributed by atoms with Gasteiger partial charge in [0.05, 0.1) is 12.5 Å². The van der Waals surface area contributed by atoms with E-state index in [4.69, 9.17) is 5.26 Å². The van der Waals surface area contributed by atoms with Gasteiger partial charge < -0.3 is 10.6 Å². The number of likely N-dealkylation sites (N-methyl/N-ethyl adjacent to an activating group) is 1. The first kappa shape index (κ1) is 7.52. The topological polar surface area (TPSA) is 47.9 Å². The molecule has 0 aromatic rings. The lowest BCUT2D eigenvalue weighted by molar-refractivity contribution is 0.291. The molecule has 0 radical (unpaired) electrons. The molecule has 0 amide bonds. The molecule has 0 bridgehead atoms. The number of hydrogen-bond donors (Lipinski definition) is 2. The fraction of sp³-hybridized carbons (Fsp3) is 0.857. The number of nitriles is 1. The Morgan fingerprint density at radius 1 is 1.90 bits per heavy atom. The van der Waals surface area contributed by atoms with Crippen molar-refractivity contribution >= 4 is 0 Å². The van der Waals surface area contributed by atoms with Gasteiger partial charge in [-0.05, 0) is 20.0 Å². The third-order valence-electron chi connectivity index (χ3n) is 2.03. The average molecular weight is 139 g/mol. The molecular formula is C7H13N3. The lowest BCUT2D eigenvalue weighted by Gasteiger charge is -2.33. The number of hydrogen-bond acceptors (Lipinski definition) is 3. The third-order valence-corrected chi connectivity index (χ3v) is 2.03. The Bertz CT molecular complexity index is 134. The van der Waals surface area contributed by atoms with Crippen LogP contribution in [-0.4, -0.2) is 25.7 Å². The standard InChI is InChI=1S/C7H13N3/c1-9-6(2-4-8)7-3-5-10-7/h6-7,9-10H,2-3,5H2,1H3. The number of nitrogens with one attached hydrogen (secondary N) is 2. The van der Waals surface area contributed by atoms with Crippen molar-refractivity contribution in [2.45, 2.75) is 24.9 Å². The molecule has 0 aromatic heterocycles. The van der Waals surface area contributed by atoms with Crippen LogP contribution in [0.2, 0.25) is 0 Å². The van der Waals surface area contributed by atoms with E-state index in [0.717, 1.165) is 6.54 Å². The first-order valence-corrected chi connectivity index (χ1v) is 3.66. The summed E-state index contributed by atoms with van der Waals surface area (Å²) in [7, 11) is 1.90. The van der Waals surface area contributed by atoms with Gasteiger partial charge in [-0.25, -0.2) is 0 Å². The number of rotatable bonds is 3. The summed E-state index contributed by atoms with van der Waals surface area (Å²) in [6, 6.07) is 3.04. The second-order valence-corrected chi connectivity index (χ2v) is 2.61. The van der Waals surface area contributed by atoms with E-state index in [1.165, 1.54) is 6.42 Å². The second kappa shape index (κ2) is 3.55. The van der Waals surface area contributed by atoms with Crippen LogP contribution in [-0.2, 0) is 0 Å². The molecule has 0 saturated carbocycles. The fourth-order valence-corrected chi connectivity index (χ4v) is 1.20. The Kier molecular flexibility index (Phi) is 2.67. The summed E-state index contributed by atoms with van der Waals surface area (Å²) >= 11 is 0. The summed E-state index contributed by atoms with van der Waals surface area (Å²) in [6.45, 7) is 1.11. The molecule has 1 rings (SSSR count). The van der Waals surface area contributed by atoms with Crippen molar-refractivity contribution in [3.63, 3.8) is 0 Å². The molecular weight excluding hydrogens is 126 g/mol. The summed E-state index contributed by atoms with van der Waals surface area (Å²) in [5, 5.41) is 14.8. The highest BCUT2D eigenvalue weighted by Gasteiger charge is 2.24. The van der Waals surface area contributed by atoms with E-state index < -0.39 is 0 Å². The van der Waals surface area contributed by atoms with Gasteiger partial charge in [0.15, 0.2) is 0 Å². The molecule has 0 spiro atoms.